The Bertz CT molecular complexity index is 574. The fraction of sp³-hybridized carbons (Fsp3) is 0.467. The molecular weight excluding hydrogens is 310 g/mol. The molecule has 0 aliphatic rings. The van der Waals surface area contributed by atoms with Crippen LogP contribution in [0.4, 0.5) is 0 Å². The molecule has 0 spiro atoms. The monoisotopic (exact) mass is 331 g/mol. The second-order valence-electron chi connectivity index (χ2n) is 5.95. The highest BCUT2D eigenvalue weighted by Crippen LogP contribution is 2.22. The Morgan fingerprint density at radius 3 is 2.33 bits per heavy atom. The summed E-state index contributed by atoms with van der Waals surface area (Å²) >= 11 is 5.78. The molecule has 0 aliphatic heterocycles. The van der Waals surface area contributed by atoms with Gasteiger partial charge in [-0.05, 0) is 35.6 Å². The minimum absolute atomic E-state index is 0.0641. The van der Waals surface area contributed by atoms with Crippen LogP contribution in [0.1, 0.15) is 32.8 Å². The van der Waals surface area contributed by atoms with Crippen LogP contribution in [0.2, 0.25) is 5.02 Å². The van der Waals surface area contributed by atoms with Crippen molar-refractivity contribution in [3.05, 3.63) is 40.3 Å². The highest BCUT2D eigenvalue weighted by atomic mass is 35.5. The number of halogens is 1. The van der Waals surface area contributed by atoms with E-state index in [1.165, 1.54) is 6.08 Å². The van der Waals surface area contributed by atoms with Gasteiger partial charge in [0.2, 0.25) is 10.0 Å². The molecule has 4 nitrogen and oxygen atoms in total. The van der Waals surface area contributed by atoms with E-state index in [9.17, 15) is 8.42 Å². The standard InChI is InChI=1S/C15H22ClNO3S/c1-15(2,3)14(8-10-18)17-21(19,20)11-9-12-4-6-13(16)7-5-12/h4-7,9,11,14,17-18H,8,10H2,1-3H3/b11-9+. The quantitative estimate of drug-likeness (QED) is 0.842. The highest BCUT2D eigenvalue weighted by Gasteiger charge is 2.27. The zero-order valence-electron chi connectivity index (χ0n) is 12.5. The SMILES string of the molecule is CC(C)(C)C(CCO)NS(=O)(=O)/C=C/c1ccc(Cl)cc1. The normalized spacial score (nSPS) is 14.5. The number of benzene rings is 1. The van der Waals surface area contributed by atoms with Crippen molar-refractivity contribution in [3.8, 4) is 0 Å². The van der Waals surface area contributed by atoms with E-state index >= 15 is 0 Å². The zero-order valence-corrected chi connectivity index (χ0v) is 14.1. The van der Waals surface area contributed by atoms with Gasteiger partial charge in [-0.1, -0.05) is 44.5 Å². The van der Waals surface area contributed by atoms with E-state index in [0.717, 1.165) is 11.0 Å². The van der Waals surface area contributed by atoms with E-state index < -0.39 is 10.0 Å². The van der Waals surface area contributed by atoms with Crippen molar-refractivity contribution in [1.82, 2.24) is 4.72 Å². The summed E-state index contributed by atoms with van der Waals surface area (Å²) in [6.07, 6.45) is 1.88. The lowest BCUT2D eigenvalue weighted by molar-refractivity contribution is 0.215. The lowest BCUT2D eigenvalue weighted by atomic mass is 9.86. The molecule has 2 N–H and O–H groups in total. The van der Waals surface area contributed by atoms with Gasteiger partial charge in [0.05, 0.1) is 0 Å². The van der Waals surface area contributed by atoms with Gasteiger partial charge in [-0.3, -0.25) is 0 Å². The maximum absolute atomic E-state index is 12.1. The summed E-state index contributed by atoms with van der Waals surface area (Å²) in [5, 5.41) is 10.8. The van der Waals surface area contributed by atoms with Crippen LogP contribution in [-0.2, 0) is 10.0 Å². The maximum Gasteiger partial charge on any atom is 0.233 e. The summed E-state index contributed by atoms with van der Waals surface area (Å²) in [5.41, 5.74) is 0.475. The minimum Gasteiger partial charge on any atom is -0.396 e. The molecule has 6 heteroatoms. The van der Waals surface area contributed by atoms with Crippen molar-refractivity contribution in [2.24, 2.45) is 5.41 Å². The maximum atomic E-state index is 12.1. The number of sulfonamides is 1. The third-order valence-electron chi connectivity index (χ3n) is 3.08. The first-order valence-corrected chi connectivity index (χ1v) is 8.63. The summed E-state index contributed by atoms with van der Waals surface area (Å²) in [6, 6.07) is 6.55. The van der Waals surface area contributed by atoms with E-state index in [4.69, 9.17) is 16.7 Å². The number of rotatable bonds is 6. The average molecular weight is 332 g/mol. The summed E-state index contributed by atoms with van der Waals surface area (Å²) in [5.74, 6) is 0. The molecule has 0 radical (unpaired) electrons. The second-order valence-corrected chi connectivity index (χ2v) is 7.98. The number of aliphatic hydroxyl groups excluding tert-OH is 1. The van der Waals surface area contributed by atoms with Gasteiger partial charge in [0.1, 0.15) is 0 Å². The molecule has 0 heterocycles. The van der Waals surface area contributed by atoms with Crippen LogP contribution >= 0.6 is 11.6 Å². The van der Waals surface area contributed by atoms with E-state index in [-0.39, 0.29) is 18.1 Å². The molecule has 118 valence electrons. The lowest BCUT2D eigenvalue weighted by Crippen LogP contribution is -2.43. The Morgan fingerprint density at radius 2 is 1.86 bits per heavy atom. The van der Waals surface area contributed by atoms with Crippen molar-refractivity contribution in [1.29, 1.82) is 0 Å². The molecule has 0 aliphatic carbocycles. The fourth-order valence-electron chi connectivity index (χ4n) is 1.78. The third-order valence-corrected chi connectivity index (χ3v) is 4.44. The van der Waals surface area contributed by atoms with E-state index in [0.29, 0.717) is 11.4 Å². The molecule has 0 amide bonds. The van der Waals surface area contributed by atoms with Gasteiger partial charge in [-0.15, -0.1) is 0 Å². The topological polar surface area (TPSA) is 66.4 Å². The molecule has 0 bridgehead atoms. The van der Waals surface area contributed by atoms with E-state index in [1.54, 1.807) is 24.3 Å². The first kappa shape index (κ1) is 18.2. The van der Waals surface area contributed by atoms with Crippen LogP contribution < -0.4 is 4.72 Å². The van der Waals surface area contributed by atoms with E-state index in [2.05, 4.69) is 4.72 Å². The van der Waals surface area contributed by atoms with Gasteiger partial charge in [0.25, 0.3) is 0 Å². The van der Waals surface area contributed by atoms with Crippen molar-refractivity contribution < 1.29 is 13.5 Å². The lowest BCUT2D eigenvalue weighted by Gasteiger charge is -2.30. The number of aliphatic hydroxyl groups is 1. The van der Waals surface area contributed by atoms with E-state index in [1.807, 2.05) is 20.8 Å². The summed E-state index contributed by atoms with van der Waals surface area (Å²) in [6.45, 7) is 5.72. The molecule has 1 aromatic rings. The van der Waals surface area contributed by atoms with Gasteiger partial charge in [0, 0.05) is 23.1 Å². The predicted octanol–water partition coefficient (Wildman–Crippen LogP) is 3.03. The van der Waals surface area contributed by atoms with Gasteiger partial charge in [-0.25, -0.2) is 13.1 Å². The van der Waals surface area contributed by atoms with Gasteiger partial charge >= 0.3 is 0 Å². The predicted molar refractivity (Wildman–Crippen MR) is 87.5 cm³/mol. The Labute approximate surface area is 131 Å². The van der Waals surface area contributed by atoms with Crippen LogP contribution in [0.25, 0.3) is 6.08 Å². The zero-order chi connectivity index (χ0) is 16.1. The largest absolute Gasteiger partial charge is 0.396 e. The fourth-order valence-corrected chi connectivity index (χ4v) is 3.19. The van der Waals surface area contributed by atoms with Gasteiger partial charge in [-0.2, -0.15) is 0 Å². The first-order chi connectivity index (χ1) is 9.64. The summed E-state index contributed by atoms with van der Waals surface area (Å²) in [4.78, 5) is 0. The first-order valence-electron chi connectivity index (χ1n) is 6.71. The Hall–Kier alpha value is -0.880. The van der Waals surface area contributed by atoms with Crippen LogP contribution in [0.15, 0.2) is 29.7 Å². The van der Waals surface area contributed by atoms with Crippen LogP contribution in [-0.4, -0.2) is 26.2 Å². The number of hydrogen-bond donors (Lipinski definition) is 2. The van der Waals surface area contributed by atoms with Gasteiger partial charge in [0.15, 0.2) is 0 Å². The highest BCUT2D eigenvalue weighted by molar-refractivity contribution is 7.92. The third kappa shape index (κ3) is 6.61. The van der Waals surface area contributed by atoms with Crippen molar-refractivity contribution >= 4 is 27.7 Å². The molecular formula is C15H22ClNO3S. The average Bonchev–Trinajstić information content (AvgIpc) is 2.36. The minimum atomic E-state index is -3.57. The Balaban J connectivity index is 2.83. The summed E-state index contributed by atoms with van der Waals surface area (Å²) in [7, 11) is -3.57. The molecule has 1 aromatic carbocycles. The van der Waals surface area contributed by atoms with Crippen LogP contribution in [0.5, 0.6) is 0 Å². The van der Waals surface area contributed by atoms with Crippen molar-refractivity contribution in [2.75, 3.05) is 6.61 Å². The Morgan fingerprint density at radius 1 is 1.29 bits per heavy atom. The van der Waals surface area contributed by atoms with Crippen LogP contribution in [0.3, 0.4) is 0 Å². The molecule has 0 saturated heterocycles. The van der Waals surface area contributed by atoms with Crippen LogP contribution in [0, 0.1) is 5.41 Å². The van der Waals surface area contributed by atoms with Crippen molar-refractivity contribution in [2.45, 2.75) is 33.2 Å². The summed E-state index contributed by atoms with van der Waals surface area (Å²) < 4.78 is 26.8. The molecule has 1 atom stereocenters. The van der Waals surface area contributed by atoms with Crippen molar-refractivity contribution in [3.63, 3.8) is 0 Å². The molecule has 21 heavy (non-hydrogen) atoms. The molecule has 1 rings (SSSR count). The molecule has 0 saturated carbocycles. The second kappa shape index (κ2) is 7.40. The molecule has 1 unspecified atom stereocenters. The number of nitrogens with one attached hydrogen (secondary N) is 1. The smallest absolute Gasteiger partial charge is 0.233 e. The Kier molecular flexibility index (Phi) is 6.41. The van der Waals surface area contributed by atoms with Gasteiger partial charge < -0.3 is 5.11 Å². The molecule has 0 fully saturated rings. The molecule has 0 aromatic heterocycles. The number of hydrogen-bond acceptors (Lipinski definition) is 3.